The number of benzene rings is 2. The molecule has 2 aromatic carbocycles. The van der Waals surface area contributed by atoms with Gasteiger partial charge in [-0.25, -0.2) is 29.9 Å². The highest BCUT2D eigenvalue weighted by molar-refractivity contribution is 7.16. The molecule has 1 radical (unpaired) electrons. The molecule has 4 heterocycles. The number of nitrogens with zero attached hydrogens (tertiary/aromatic N) is 6. The molecule has 0 N–H and O–H groups in total. The van der Waals surface area contributed by atoms with Gasteiger partial charge in [-0.1, -0.05) is 0 Å². The second kappa shape index (κ2) is 4.99. The van der Waals surface area contributed by atoms with E-state index >= 15 is 0 Å². The molecule has 7 nitrogen and oxygen atoms in total. The maximum Gasteiger partial charge on any atom is 0.199 e. The van der Waals surface area contributed by atoms with Gasteiger partial charge in [0.25, 0.3) is 0 Å². The molecule has 8 heteroatoms. The Hall–Kier alpha value is -3.52. The smallest absolute Gasteiger partial charge is 0.199 e. The third-order valence-corrected chi connectivity index (χ3v) is 5.07. The van der Waals surface area contributed by atoms with Crippen molar-refractivity contribution in [3.8, 4) is 11.5 Å². The highest BCUT2D eigenvalue weighted by Crippen LogP contribution is 2.29. The lowest BCUT2D eigenvalue weighted by molar-refractivity contribution is 0.602. The third-order valence-electron chi connectivity index (χ3n) is 4.28. The number of hydrogen-bond acceptors (Lipinski definition) is 8. The topological polar surface area (TPSA) is 90.5 Å². The van der Waals surface area contributed by atoms with Crippen LogP contribution in [0.4, 0.5) is 0 Å². The number of thiazole rings is 1. The molecule has 0 aliphatic rings. The number of rotatable bonds is 1. The summed E-state index contributed by atoms with van der Waals surface area (Å²) in [5.74, 6) is 0.509. The molecular formula is C18H7N6OS. The van der Waals surface area contributed by atoms with E-state index in [0.29, 0.717) is 17.1 Å². The van der Waals surface area contributed by atoms with Crippen LogP contribution in [-0.4, -0.2) is 29.9 Å². The van der Waals surface area contributed by atoms with Crippen LogP contribution in [0.15, 0.2) is 46.8 Å². The first kappa shape index (κ1) is 13.7. The van der Waals surface area contributed by atoms with Crippen LogP contribution in [0.3, 0.4) is 0 Å². The van der Waals surface area contributed by atoms with Crippen LogP contribution < -0.4 is 0 Å². The SMILES string of the molecule is [c]1nc(-c2ncc3cc4ncoc4cc3n2)c2cc3ncsc3cc2n1. The second-order valence-corrected chi connectivity index (χ2v) is 6.67. The van der Waals surface area contributed by atoms with Gasteiger partial charge in [0.15, 0.2) is 24.1 Å². The van der Waals surface area contributed by atoms with Crippen LogP contribution >= 0.6 is 11.3 Å². The van der Waals surface area contributed by atoms with Gasteiger partial charge in [0.1, 0.15) is 11.2 Å². The summed E-state index contributed by atoms with van der Waals surface area (Å²) in [4.78, 5) is 26.3. The van der Waals surface area contributed by atoms with Crippen LogP contribution in [0.5, 0.6) is 0 Å². The molecule has 6 rings (SSSR count). The minimum Gasteiger partial charge on any atom is -0.443 e. The van der Waals surface area contributed by atoms with Crippen LogP contribution in [-0.2, 0) is 0 Å². The van der Waals surface area contributed by atoms with E-state index in [-0.39, 0.29) is 0 Å². The van der Waals surface area contributed by atoms with Crippen molar-refractivity contribution in [1.82, 2.24) is 29.9 Å². The Balaban J connectivity index is 1.64. The molecule has 4 aromatic heterocycles. The summed E-state index contributed by atoms with van der Waals surface area (Å²) in [6.45, 7) is 0. The van der Waals surface area contributed by atoms with E-state index in [9.17, 15) is 0 Å². The zero-order valence-corrected chi connectivity index (χ0v) is 13.9. The molecule has 0 saturated heterocycles. The van der Waals surface area contributed by atoms with Crippen molar-refractivity contribution in [2.24, 2.45) is 0 Å². The molecule has 0 amide bonds. The van der Waals surface area contributed by atoms with Crippen molar-refractivity contribution in [3.05, 3.63) is 48.7 Å². The first-order valence-electron chi connectivity index (χ1n) is 7.76. The molecule has 0 aliphatic carbocycles. The fourth-order valence-corrected chi connectivity index (χ4v) is 3.72. The van der Waals surface area contributed by atoms with Gasteiger partial charge < -0.3 is 4.42 Å². The quantitative estimate of drug-likeness (QED) is 0.443. The summed E-state index contributed by atoms with van der Waals surface area (Å²) in [7, 11) is 0. The lowest BCUT2D eigenvalue weighted by Gasteiger charge is -2.05. The number of fused-ring (bicyclic) bond motifs is 4. The number of hydrogen-bond donors (Lipinski definition) is 0. The van der Waals surface area contributed by atoms with Crippen molar-refractivity contribution in [1.29, 1.82) is 0 Å². The Morgan fingerprint density at radius 2 is 1.88 bits per heavy atom. The van der Waals surface area contributed by atoms with Gasteiger partial charge in [0.05, 0.1) is 26.8 Å². The molecule has 0 fully saturated rings. The Morgan fingerprint density at radius 1 is 0.885 bits per heavy atom. The molecule has 6 aromatic rings. The van der Waals surface area contributed by atoms with E-state index < -0.39 is 0 Å². The van der Waals surface area contributed by atoms with E-state index in [1.54, 1.807) is 17.5 Å². The summed E-state index contributed by atoms with van der Waals surface area (Å²) in [5.41, 5.74) is 6.37. The minimum atomic E-state index is 0.509. The van der Waals surface area contributed by atoms with Crippen LogP contribution in [0.25, 0.3) is 54.6 Å². The van der Waals surface area contributed by atoms with Gasteiger partial charge >= 0.3 is 0 Å². The maximum atomic E-state index is 5.37. The summed E-state index contributed by atoms with van der Waals surface area (Å²) in [6, 6.07) is 7.72. The van der Waals surface area contributed by atoms with E-state index in [1.807, 2.05) is 29.8 Å². The summed E-state index contributed by atoms with van der Waals surface area (Å²) >= 11 is 1.57. The number of oxazole rings is 1. The predicted molar refractivity (Wildman–Crippen MR) is 97.7 cm³/mol. The fourth-order valence-electron chi connectivity index (χ4n) is 3.03. The Morgan fingerprint density at radius 3 is 2.88 bits per heavy atom. The standard InChI is InChI=1S/C18H7N6OS/c1-9-5-19-18(24-11(9)3-15-13(1)22-7-25-15)17-10-2-14-16(26-8-23-14)4-12(10)20-6-21-17/h1-5,7-8H. The summed E-state index contributed by atoms with van der Waals surface area (Å²) in [5, 5.41) is 1.74. The Kier molecular flexibility index (Phi) is 2.64. The molecule has 0 atom stereocenters. The molecule has 0 spiro atoms. The second-order valence-electron chi connectivity index (χ2n) is 5.79. The van der Waals surface area contributed by atoms with Crippen molar-refractivity contribution in [2.75, 3.05) is 0 Å². The van der Waals surface area contributed by atoms with Crippen molar-refractivity contribution in [3.63, 3.8) is 0 Å². The van der Waals surface area contributed by atoms with Gasteiger partial charge in [-0.2, -0.15) is 0 Å². The average Bonchev–Trinajstić information content (AvgIpc) is 3.31. The van der Waals surface area contributed by atoms with Crippen molar-refractivity contribution >= 4 is 54.5 Å². The summed E-state index contributed by atoms with van der Waals surface area (Å²) < 4.78 is 6.44. The van der Waals surface area contributed by atoms with Crippen molar-refractivity contribution in [2.45, 2.75) is 0 Å². The highest BCUT2D eigenvalue weighted by Gasteiger charge is 2.13. The Labute approximate surface area is 149 Å². The van der Waals surface area contributed by atoms with Crippen LogP contribution in [0.1, 0.15) is 0 Å². The maximum absolute atomic E-state index is 5.37. The molecule has 0 bridgehead atoms. The monoisotopic (exact) mass is 355 g/mol. The highest BCUT2D eigenvalue weighted by atomic mass is 32.1. The molecule has 0 saturated carbocycles. The molecular weight excluding hydrogens is 348 g/mol. The van der Waals surface area contributed by atoms with E-state index in [1.165, 1.54) is 6.39 Å². The van der Waals surface area contributed by atoms with Gasteiger partial charge in [0.2, 0.25) is 0 Å². The summed E-state index contributed by atoms with van der Waals surface area (Å²) in [6.07, 6.45) is 5.89. The van der Waals surface area contributed by atoms with Gasteiger partial charge in [-0.05, 0) is 18.2 Å². The zero-order valence-electron chi connectivity index (χ0n) is 13.0. The molecule has 121 valence electrons. The first-order valence-corrected chi connectivity index (χ1v) is 8.64. The number of aromatic nitrogens is 6. The van der Waals surface area contributed by atoms with Crippen molar-refractivity contribution < 1.29 is 4.42 Å². The average molecular weight is 355 g/mol. The molecule has 26 heavy (non-hydrogen) atoms. The van der Waals surface area contributed by atoms with E-state index in [4.69, 9.17) is 4.42 Å². The first-order chi connectivity index (χ1) is 12.8. The van der Waals surface area contributed by atoms with Crippen LogP contribution in [0, 0.1) is 6.33 Å². The lowest BCUT2D eigenvalue weighted by atomic mass is 10.1. The normalized spacial score (nSPS) is 11.8. The minimum absolute atomic E-state index is 0.509. The van der Waals surface area contributed by atoms with E-state index in [2.05, 4.69) is 36.2 Å². The third kappa shape index (κ3) is 1.93. The fraction of sp³-hybridized carbons (Fsp3) is 0. The lowest BCUT2D eigenvalue weighted by Crippen LogP contribution is -1.95. The predicted octanol–water partition coefficient (Wildman–Crippen LogP) is 3.79. The Bertz CT molecular complexity index is 1450. The molecule has 0 unspecified atom stereocenters. The van der Waals surface area contributed by atoms with Gasteiger partial charge in [0, 0.05) is 23.0 Å². The zero-order chi connectivity index (χ0) is 17.1. The largest absolute Gasteiger partial charge is 0.443 e. The molecule has 0 aliphatic heterocycles. The van der Waals surface area contributed by atoms with Gasteiger partial charge in [-0.3, -0.25) is 0 Å². The van der Waals surface area contributed by atoms with E-state index in [0.717, 1.165) is 37.5 Å². The van der Waals surface area contributed by atoms with Gasteiger partial charge in [-0.15, -0.1) is 11.3 Å². The van der Waals surface area contributed by atoms with Crippen LogP contribution in [0.2, 0.25) is 0 Å².